The molecule has 1 aromatic heterocycles. The van der Waals surface area contributed by atoms with Crippen molar-refractivity contribution in [2.24, 2.45) is 11.7 Å². The molecule has 0 saturated carbocycles. The van der Waals surface area contributed by atoms with Crippen LogP contribution in [0.15, 0.2) is 42.7 Å². The highest BCUT2D eigenvalue weighted by Gasteiger charge is 2.27. The number of nitrogens with two attached hydrogens (primary N) is 1. The molecule has 1 aliphatic heterocycles. The summed E-state index contributed by atoms with van der Waals surface area (Å²) in [6.07, 6.45) is 5.99. The molecule has 0 unspecified atom stereocenters. The summed E-state index contributed by atoms with van der Waals surface area (Å²) in [5.74, 6) is 1.37. The van der Waals surface area contributed by atoms with Crippen LogP contribution in [0.25, 0.3) is 0 Å². The van der Waals surface area contributed by atoms with Gasteiger partial charge in [0.2, 0.25) is 5.91 Å². The van der Waals surface area contributed by atoms with Crippen LogP contribution in [-0.4, -0.2) is 34.0 Å². The minimum Gasteiger partial charge on any atom is -0.368 e. The average molecular weight is 298 g/mol. The molecular formula is C17H22N4O. The van der Waals surface area contributed by atoms with Gasteiger partial charge in [0.15, 0.2) is 0 Å². The number of benzene rings is 1. The van der Waals surface area contributed by atoms with Gasteiger partial charge in [0.25, 0.3) is 0 Å². The zero-order valence-corrected chi connectivity index (χ0v) is 12.9. The van der Waals surface area contributed by atoms with Crippen molar-refractivity contribution in [1.82, 2.24) is 14.5 Å². The predicted molar refractivity (Wildman–Crippen MR) is 85.0 cm³/mol. The summed E-state index contributed by atoms with van der Waals surface area (Å²) in [7, 11) is 1.98. The molecule has 2 heterocycles. The Balaban J connectivity index is 1.70. The molecular weight excluding hydrogens is 276 g/mol. The second-order valence-electron chi connectivity index (χ2n) is 6.06. The summed E-state index contributed by atoms with van der Waals surface area (Å²) in [5.41, 5.74) is 6.59. The van der Waals surface area contributed by atoms with Crippen LogP contribution in [0.2, 0.25) is 0 Å². The Morgan fingerprint density at radius 2 is 2.23 bits per heavy atom. The second kappa shape index (κ2) is 6.32. The van der Waals surface area contributed by atoms with Gasteiger partial charge < -0.3 is 10.3 Å². The van der Waals surface area contributed by atoms with E-state index in [-0.39, 0.29) is 11.9 Å². The summed E-state index contributed by atoms with van der Waals surface area (Å²) in [6.45, 7) is 1.81. The molecule has 0 fully saturated rings. The van der Waals surface area contributed by atoms with E-state index in [1.807, 2.05) is 49.8 Å². The van der Waals surface area contributed by atoms with Crippen LogP contribution in [0, 0.1) is 5.92 Å². The summed E-state index contributed by atoms with van der Waals surface area (Å²) in [4.78, 5) is 18.3. The smallest absolute Gasteiger partial charge is 0.239 e. The SMILES string of the molecule is CN(C[C@@H]1CCc2nccn2C1)[C@H](C(N)=O)c1ccccc1. The van der Waals surface area contributed by atoms with Crippen LogP contribution in [0.3, 0.4) is 0 Å². The maximum atomic E-state index is 11.9. The quantitative estimate of drug-likeness (QED) is 0.912. The van der Waals surface area contributed by atoms with Gasteiger partial charge in [-0.15, -0.1) is 0 Å². The topological polar surface area (TPSA) is 64.2 Å². The second-order valence-corrected chi connectivity index (χ2v) is 6.06. The molecule has 3 rings (SSSR count). The van der Waals surface area contributed by atoms with Gasteiger partial charge in [-0.3, -0.25) is 9.69 Å². The fourth-order valence-electron chi connectivity index (χ4n) is 3.37. The zero-order chi connectivity index (χ0) is 15.5. The van der Waals surface area contributed by atoms with Gasteiger partial charge in [-0.25, -0.2) is 4.98 Å². The molecule has 5 heteroatoms. The molecule has 1 aliphatic rings. The fraction of sp³-hybridized carbons (Fsp3) is 0.412. The number of primary amides is 1. The molecule has 2 N–H and O–H groups in total. The van der Waals surface area contributed by atoms with Crippen molar-refractivity contribution in [3.8, 4) is 0 Å². The van der Waals surface area contributed by atoms with Crippen LogP contribution >= 0.6 is 0 Å². The molecule has 1 aromatic carbocycles. The Kier molecular flexibility index (Phi) is 4.24. The number of nitrogens with zero attached hydrogens (tertiary/aromatic N) is 3. The van der Waals surface area contributed by atoms with Crippen LogP contribution in [0.4, 0.5) is 0 Å². The third-order valence-corrected chi connectivity index (χ3v) is 4.40. The van der Waals surface area contributed by atoms with Gasteiger partial charge in [0.1, 0.15) is 11.9 Å². The predicted octanol–water partition coefficient (Wildman–Crippen LogP) is 1.60. The number of aryl methyl sites for hydroxylation is 1. The van der Waals surface area contributed by atoms with E-state index in [9.17, 15) is 4.79 Å². The van der Waals surface area contributed by atoms with Gasteiger partial charge >= 0.3 is 0 Å². The first kappa shape index (κ1) is 14.8. The number of hydrogen-bond donors (Lipinski definition) is 1. The maximum absolute atomic E-state index is 11.9. The first-order valence-corrected chi connectivity index (χ1v) is 7.69. The Hall–Kier alpha value is -2.14. The van der Waals surface area contributed by atoms with E-state index in [4.69, 9.17) is 5.73 Å². The van der Waals surface area contributed by atoms with E-state index < -0.39 is 0 Å². The number of carbonyl (C=O) groups is 1. The van der Waals surface area contributed by atoms with Crippen molar-refractivity contribution in [3.05, 3.63) is 54.1 Å². The average Bonchev–Trinajstić information content (AvgIpc) is 2.95. The number of likely N-dealkylation sites (N-methyl/N-ethyl adjacent to an activating group) is 1. The Morgan fingerprint density at radius 3 is 2.95 bits per heavy atom. The Labute approximate surface area is 130 Å². The van der Waals surface area contributed by atoms with E-state index in [1.165, 1.54) is 0 Å². The first-order chi connectivity index (χ1) is 10.6. The van der Waals surface area contributed by atoms with Crippen molar-refractivity contribution in [3.63, 3.8) is 0 Å². The number of carbonyl (C=O) groups excluding carboxylic acids is 1. The first-order valence-electron chi connectivity index (χ1n) is 7.69. The Morgan fingerprint density at radius 1 is 1.45 bits per heavy atom. The minimum absolute atomic E-state index is 0.298. The molecule has 1 amide bonds. The van der Waals surface area contributed by atoms with Crippen molar-refractivity contribution >= 4 is 5.91 Å². The summed E-state index contributed by atoms with van der Waals surface area (Å²) < 4.78 is 2.21. The molecule has 2 atom stereocenters. The number of amides is 1. The summed E-state index contributed by atoms with van der Waals surface area (Å²) in [5, 5.41) is 0. The lowest BCUT2D eigenvalue weighted by Crippen LogP contribution is -2.39. The summed E-state index contributed by atoms with van der Waals surface area (Å²) >= 11 is 0. The van der Waals surface area contributed by atoms with Crippen LogP contribution in [0.1, 0.15) is 23.9 Å². The van der Waals surface area contributed by atoms with E-state index in [1.54, 1.807) is 0 Å². The van der Waals surface area contributed by atoms with E-state index in [2.05, 4.69) is 14.5 Å². The van der Waals surface area contributed by atoms with Crippen LogP contribution in [0.5, 0.6) is 0 Å². The molecule has 0 spiro atoms. The highest BCUT2D eigenvalue weighted by Crippen LogP contribution is 2.24. The van der Waals surface area contributed by atoms with Gasteiger partial charge in [-0.2, -0.15) is 0 Å². The molecule has 5 nitrogen and oxygen atoms in total. The number of imidazole rings is 1. The van der Waals surface area contributed by atoms with E-state index in [0.717, 1.165) is 37.3 Å². The normalized spacial score (nSPS) is 18.9. The van der Waals surface area contributed by atoms with Crippen molar-refractivity contribution in [2.75, 3.05) is 13.6 Å². The van der Waals surface area contributed by atoms with Gasteiger partial charge in [-0.1, -0.05) is 30.3 Å². The molecule has 22 heavy (non-hydrogen) atoms. The van der Waals surface area contributed by atoms with Gasteiger partial charge in [0.05, 0.1) is 0 Å². The maximum Gasteiger partial charge on any atom is 0.239 e. The number of hydrogen-bond acceptors (Lipinski definition) is 3. The standard InChI is InChI=1S/C17H22N4O/c1-20(16(17(18)22)14-5-3-2-4-6-14)11-13-7-8-15-19-9-10-21(15)12-13/h2-6,9-10,13,16H,7-8,11-12H2,1H3,(H2,18,22)/t13-,16-/m0/s1. The third-order valence-electron chi connectivity index (χ3n) is 4.40. The highest BCUT2D eigenvalue weighted by atomic mass is 16.1. The van der Waals surface area contributed by atoms with E-state index >= 15 is 0 Å². The van der Waals surface area contributed by atoms with Crippen molar-refractivity contribution in [2.45, 2.75) is 25.4 Å². The molecule has 0 aliphatic carbocycles. The highest BCUT2D eigenvalue weighted by molar-refractivity contribution is 5.81. The lowest BCUT2D eigenvalue weighted by atomic mass is 9.97. The lowest BCUT2D eigenvalue weighted by Gasteiger charge is -2.32. The van der Waals surface area contributed by atoms with Crippen molar-refractivity contribution < 1.29 is 4.79 Å². The van der Waals surface area contributed by atoms with Gasteiger partial charge in [-0.05, 0) is 24.9 Å². The number of aromatic nitrogens is 2. The molecule has 0 saturated heterocycles. The molecule has 0 bridgehead atoms. The zero-order valence-electron chi connectivity index (χ0n) is 12.9. The monoisotopic (exact) mass is 298 g/mol. The number of rotatable bonds is 5. The molecule has 2 aromatic rings. The van der Waals surface area contributed by atoms with Crippen molar-refractivity contribution in [1.29, 1.82) is 0 Å². The molecule has 116 valence electrons. The Bertz CT molecular complexity index is 637. The summed E-state index contributed by atoms with van der Waals surface area (Å²) in [6, 6.07) is 9.38. The largest absolute Gasteiger partial charge is 0.368 e. The number of fused-ring (bicyclic) bond motifs is 1. The van der Waals surface area contributed by atoms with Crippen LogP contribution in [-0.2, 0) is 17.8 Å². The molecule has 0 radical (unpaired) electrons. The third kappa shape index (κ3) is 3.04. The van der Waals surface area contributed by atoms with Gasteiger partial charge in [0, 0.05) is 31.9 Å². The lowest BCUT2D eigenvalue weighted by molar-refractivity contribution is -0.123. The van der Waals surface area contributed by atoms with E-state index in [0.29, 0.717) is 5.92 Å². The fourth-order valence-corrected chi connectivity index (χ4v) is 3.37. The minimum atomic E-state index is -0.370. The van der Waals surface area contributed by atoms with Crippen LogP contribution < -0.4 is 5.73 Å².